The first kappa shape index (κ1) is 23.3. The molecule has 34 heavy (non-hydrogen) atoms. The zero-order valence-corrected chi connectivity index (χ0v) is 20.2. The predicted molar refractivity (Wildman–Crippen MR) is 130 cm³/mol. The highest BCUT2D eigenvalue weighted by Crippen LogP contribution is 2.33. The van der Waals surface area contributed by atoms with Crippen LogP contribution < -0.4 is 10.7 Å². The summed E-state index contributed by atoms with van der Waals surface area (Å²) in [5.74, 6) is -0.192. The monoisotopic (exact) mass is 502 g/mol. The molecule has 1 amide bonds. The first-order chi connectivity index (χ1) is 16.4. The maximum absolute atomic E-state index is 15.0. The number of hydrogen-bond acceptors (Lipinski definition) is 7. The Morgan fingerprint density at radius 2 is 2.06 bits per heavy atom. The second kappa shape index (κ2) is 9.69. The van der Waals surface area contributed by atoms with Crippen LogP contribution in [0.4, 0.5) is 4.39 Å². The molecule has 1 aliphatic heterocycles. The number of halogens is 1. The van der Waals surface area contributed by atoms with Crippen LogP contribution in [0.25, 0.3) is 10.1 Å². The molecule has 2 aliphatic rings. The lowest BCUT2D eigenvalue weighted by Gasteiger charge is -2.36. The minimum absolute atomic E-state index is 0.0483. The number of carbonyl (C=O) groups excluding carboxylic acids is 1. The Balaban J connectivity index is 1.20. The molecule has 3 heterocycles. The zero-order valence-electron chi connectivity index (χ0n) is 18.6. The van der Waals surface area contributed by atoms with Gasteiger partial charge in [-0.2, -0.15) is 0 Å². The van der Waals surface area contributed by atoms with Gasteiger partial charge in [0.25, 0.3) is 5.91 Å². The third-order valence-corrected chi connectivity index (χ3v) is 10.0. The van der Waals surface area contributed by atoms with Gasteiger partial charge < -0.3 is 5.32 Å². The summed E-state index contributed by atoms with van der Waals surface area (Å²) in [4.78, 5) is 17.3. The van der Waals surface area contributed by atoms with Crippen molar-refractivity contribution >= 4 is 37.2 Å². The second-order valence-electron chi connectivity index (χ2n) is 8.87. The highest BCUT2D eigenvalue weighted by Gasteiger charge is 2.41. The van der Waals surface area contributed by atoms with E-state index in [2.05, 4.69) is 20.7 Å². The highest BCUT2D eigenvalue weighted by atomic mass is 32.2. The van der Waals surface area contributed by atoms with Crippen molar-refractivity contribution in [2.45, 2.75) is 54.6 Å². The summed E-state index contributed by atoms with van der Waals surface area (Å²) in [5.41, 5.74) is 4.03. The van der Waals surface area contributed by atoms with Gasteiger partial charge in [0, 0.05) is 38.1 Å². The molecule has 1 saturated heterocycles. The summed E-state index contributed by atoms with van der Waals surface area (Å²) >= 11 is 1.37. The van der Waals surface area contributed by atoms with E-state index in [1.807, 2.05) is 12.1 Å². The molecular formula is C24H27FN4O3S2. The molecule has 3 aromatic rings. The van der Waals surface area contributed by atoms with Gasteiger partial charge >= 0.3 is 0 Å². The number of hydrazine groups is 1. The second-order valence-corrected chi connectivity index (χ2v) is 12.1. The largest absolute Gasteiger partial charge is 0.347 e. The van der Waals surface area contributed by atoms with Crippen LogP contribution in [0.5, 0.6) is 0 Å². The van der Waals surface area contributed by atoms with Crippen molar-refractivity contribution in [2.24, 2.45) is 0 Å². The molecule has 1 aromatic carbocycles. The van der Waals surface area contributed by atoms with Crippen molar-refractivity contribution in [3.8, 4) is 0 Å². The number of pyridine rings is 1. The van der Waals surface area contributed by atoms with E-state index in [4.69, 9.17) is 0 Å². The van der Waals surface area contributed by atoms with Gasteiger partial charge in [-0.15, -0.1) is 11.3 Å². The molecule has 0 spiro atoms. The number of sulfone groups is 1. The maximum Gasteiger partial charge on any atom is 0.261 e. The Morgan fingerprint density at radius 3 is 2.76 bits per heavy atom. The topological polar surface area (TPSA) is 91.4 Å². The Bertz CT molecular complexity index is 1240. The molecule has 5 rings (SSSR count). The number of aromatic nitrogens is 1. The van der Waals surface area contributed by atoms with Gasteiger partial charge in [0.2, 0.25) is 0 Å². The van der Waals surface area contributed by atoms with Crippen LogP contribution in [0.15, 0.2) is 53.7 Å². The number of thiophene rings is 1. The normalized spacial score (nSPS) is 23.9. The molecule has 3 unspecified atom stereocenters. The number of rotatable bonds is 6. The van der Waals surface area contributed by atoms with Crippen molar-refractivity contribution in [2.75, 3.05) is 13.1 Å². The van der Waals surface area contributed by atoms with Crippen molar-refractivity contribution in [3.05, 3.63) is 59.2 Å². The summed E-state index contributed by atoms with van der Waals surface area (Å²) in [6.07, 6.45) is 4.27. The van der Waals surface area contributed by atoms with E-state index in [-0.39, 0.29) is 29.8 Å². The lowest BCUT2D eigenvalue weighted by Crippen LogP contribution is -2.48. The van der Waals surface area contributed by atoms with Gasteiger partial charge in [-0.25, -0.2) is 17.8 Å². The van der Waals surface area contributed by atoms with E-state index < -0.39 is 21.3 Å². The summed E-state index contributed by atoms with van der Waals surface area (Å²) in [6, 6.07) is 10.1. The van der Waals surface area contributed by atoms with Crippen molar-refractivity contribution in [3.63, 3.8) is 0 Å². The number of nitrogens with zero attached hydrogens (tertiary/aromatic N) is 2. The fraction of sp³-hybridized carbons (Fsp3) is 0.417. The van der Waals surface area contributed by atoms with Crippen LogP contribution in [0.3, 0.4) is 0 Å². The number of nitrogens with one attached hydrogen (secondary N) is 2. The predicted octanol–water partition coefficient (Wildman–Crippen LogP) is 3.47. The van der Waals surface area contributed by atoms with Crippen LogP contribution >= 0.6 is 11.3 Å². The Hall–Kier alpha value is -2.40. The third-order valence-electron chi connectivity index (χ3n) is 6.67. The lowest BCUT2D eigenvalue weighted by molar-refractivity contribution is 0.0954. The van der Waals surface area contributed by atoms with Crippen molar-refractivity contribution in [1.29, 1.82) is 0 Å². The molecule has 10 heteroatoms. The molecule has 0 radical (unpaired) electrons. The van der Waals surface area contributed by atoms with E-state index in [0.29, 0.717) is 17.7 Å². The van der Waals surface area contributed by atoms with Gasteiger partial charge in [0.05, 0.1) is 19.7 Å². The van der Waals surface area contributed by atoms with E-state index >= 15 is 0 Å². The van der Waals surface area contributed by atoms with Crippen LogP contribution in [0.2, 0.25) is 0 Å². The minimum atomic E-state index is -3.77. The van der Waals surface area contributed by atoms with E-state index in [9.17, 15) is 17.6 Å². The number of hydrogen-bond donors (Lipinski definition) is 2. The first-order valence-electron chi connectivity index (χ1n) is 11.5. The molecule has 1 saturated carbocycles. The van der Waals surface area contributed by atoms with Gasteiger partial charge in [-0.3, -0.25) is 15.2 Å². The number of fused-ring (bicyclic) bond motifs is 1. The van der Waals surface area contributed by atoms with Crippen molar-refractivity contribution < 1.29 is 17.6 Å². The first-order valence-corrected chi connectivity index (χ1v) is 13.9. The molecule has 180 valence electrons. The molecule has 0 bridgehead atoms. The van der Waals surface area contributed by atoms with Gasteiger partial charge in [-0.1, -0.05) is 12.1 Å². The average Bonchev–Trinajstić information content (AvgIpc) is 3.53. The third kappa shape index (κ3) is 4.72. The van der Waals surface area contributed by atoms with E-state index in [1.165, 1.54) is 23.5 Å². The fourth-order valence-electron chi connectivity index (χ4n) is 4.80. The highest BCUT2D eigenvalue weighted by molar-refractivity contribution is 7.92. The number of benzene rings is 1. The lowest BCUT2D eigenvalue weighted by atomic mass is 9.93. The van der Waals surface area contributed by atoms with E-state index in [1.54, 1.807) is 24.5 Å². The van der Waals surface area contributed by atoms with Gasteiger partial charge in [-0.05, 0) is 60.9 Å². The Morgan fingerprint density at radius 1 is 1.24 bits per heavy atom. The number of amides is 1. The van der Waals surface area contributed by atoms with Crippen LogP contribution in [-0.2, 0) is 16.4 Å². The standard InChI is InChI=1S/C24H27FN4O3S2/c25-20-13-18(29-11-1-9-28-29)4-7-23(20)34(31,32)19-5-2-16(3-6-19)14-27-24(30)21-12-17-8-10-26-15-22(17)33-21/h2-3,5-6,8,10,12,15,18,20,23,28H,1,4,7,9,11,13-14H2,(H,27,30). The molecule has 2 N–H and O–H groups in total. The molecular weight excluding hydrogens is 475 g/mol. The fourth-order valence-corrected chi connectivity index (χ4v) is 7.56. The SMILES string of the molecule is O=C(NCc1ccc(S(=O)(=O)C2CCC(N3CCCN3)CC2F)cc1)c1cc2ccncc2s1. The molecule has 2 aromatic heterocycles. The van der Waals surface area contributed by atoms with Crippen molar-refractivity contribution in [1.82, 2.24) is 20.7 Å². The summed E-state index contributed by atoms with van der Waals surface area (Å²) in [7, 11) is -3.77. The summed E-state index contributed by atoms with van der Waals surface area (Å²) in [6.45, 7) is 2.04. The Labute approximate surface area is 202 Å². The summed E-state index contributed by atoms with van der Waals surface area (Å²) < 4.78 is 42.2. The molecule has 7 nitrogen and oxygen atoms in total. The average molecular weight is 503 g/mol. The zero-order chi connectivity index (χ0) is 23.7. The Kier molecular flexibility index (Phi) is 6.65. The smallest absolute Gasteiger partial charge is 0.261 e. The summed E-state index contributed by atoms with van der Waals surface area (Å²) in [5, 5.41) is 4.89. The van der Waals surface area contributed by atoms with E-state index in [0.717, 1.165) is 35.2 Å². The van der Waals surface area contributed by atoms with Gasteiger partial charge in [0.1, 0.15) is 6.17 Å². The molecule has 1 aliphatic carbocycles. The molecule has 2 fully saturated rings. The van der Waals surface area contributed by atoms with Crippen LogP contribution in [0.1, 0.15) is 40.9 Å². The number of carbonyl (C=O) groups is 1. The molecule has 3 atom stereocenters. The maximum atomic E-state index is 15.0. The van der Waals surface area contributed by atoms with Crippen LogP contribution in [0, 0.1) is 0 Å². The number of alkyl halides is 1. The quantitative estimate of drug-likeness (QED) is 0.536. The van der Waals surface area contributed by atoms with Crippen LogP contribution in [-0.4, -0.2) is 54.9 Å². The minimum Gasteiger partial charge on any atom is -0.347 e. The van der Waals surface area contributed by atoms with Gasteiger partial charge in [0.15, 0.2) is 9.84 Å².